The van der Waals surface area contributed by atoms with Gasteiger partial charge in [-0.2, -0.15) is 13.2 Å². The molecule has 0 bridgehead atoms. The van der Waals surface area contributed by atoms with E-state index in [4.69, 9.17) is 0 Å². The van der Waals surface area contributed by atoms with E-state index in [0.717, 1.165) is 23.1 Å². The van der Waals surface area contributed by atoms with Crippen molar-refractivity contribution in [1.82, 2.24) is 20.9 Å². The van der Waals surface area contributed by atoms with Crippen molar-refractivity contribution in [3.05, 3.63) is 16.1 Å². The van der Waals surface area contributed by atoms with Gasteiger partial charge in [0, 0.05) is 31.9 Å². The lowest BCUT2D eigenvalue weighted by Crippen LogP contribution is -2.43. The highest BCUT2D eigenvalue weighted by Crippen LogP contribution is 2.29. The normalized spacial score (nSPS) is 11.6. The summed E-state index contributed by atoms with van der Waals surface area (Å²) in [5.74, 6) is 0.258. The van der Waals surface area contributed by atoms with E-state index < -0.39 is 11.9 Å². The first-order valence-corrected chi connectivity index (χ1v) is 7.97. The van der Waals surface area contributed by atoms with Gasteiger partial charge in [-0.1, -0.05) is 6.92 Å². The van der Waals surface area contributed by atoms with E-state index in [1.54, 1.807) is 7.05 Å². The third kappa shape index (κ3) is 8.66. The fourth-order valence-electron chi connectivity index (χ4n) is 1.56. The van der Waals surface area contributed by atoms with Gasteiger partial charge in [-0.05, 0) is 6.42 Å². The molecule has 0 unspecified atom stereocenters. The van der Waals surface area contributed by atoms with Crippen LogP contribution in [0.1, 0.15) is 24.0 Å². The molecule has 1 aromatic heterocycles. The number of aromatic nitrogens is 1. The highest BCUT2D eigenvalue weighted by Gasteiger charge is 2.33. The summed E-state index contributed by atoms with van der Waals surface area (Å²) >= 11 is 0.968. The number of nitrogens with one attached hydrogen (secondary N) is 3. The number of alkyl halides is 3. The van der Waals surface area contributed by atoms with E-state index >= 15 is 0 Å². The molecule has 0 fully saturated rings. The van der Waals surface area contributed by atoms with Gasteiger partial charge in [0.05, 0.1) is 11.6 Å². The molecular weight excluding hydrogens is 458 g/mol. The maximum atomic E-state index is 12.4. The fraction of sp³-hybridized carbons (Fsp3) is 0.615. The molecule has 0 aromatic carbocycles. The number of halogens is 4. The topological polar surface area (TPSA) is 78.4 Å². The van der Waals surface area contributed by atoms with Gasteiger partial charge in [0.2, 0.25) is 5.91 Å². The lowest BCUT2D eigenvalue weighted by atomic mass is 10.4. The number of carbonyl (C=O) groups excluding carboxylic acids is 1. The van der Waals surface area contributed by atoms with Gasteiger partial charge in [0.1, 0.15) is 0 Å². The molecule has 1 amide bonds. The Kier molecular flexibility index (Phi) is 10.9. The fourth-order valence-corrected chi connectivity index (χ4v) is 2.36. The van der Waals surface area contributed by atoms with Crippen LogP contribution in [0.25, 0.3) is 0 Å². The van der Waals surface area contributed by atoms with Crippen LogP contribution in [0.15, 0.2) is 10.4 Å². The van der Waals surface area contributed by atoms with E-state index in [9.17, 15) is 18.0 Å². The summed E-state index contributed by atoms with van der Waals surface area (Å²) in [7, 11) is 1.55. The Morgan fingerprint density at radius 1 is 1.29 bits per heavy atom. The first-order chi connectivity index (χ1) is 10.9. The van der Waals surface area contributed by atoms with E-state index in [1.807, 2.05) is 6.92 Å². The molecule has 0 atom stereocenters. The summed E-state index contributed by atoms with van der Waals surface area (Å²) in [6.45, 7) is 3.01. The van der Waals surface area contributed by atoms with Crippen LogP contribution in [-0.4, -0.2) is 43.5 Å². The predicted octanol–water partition coefficient (Wildman–Crippen LogP) is 2.01. The molecule has 138 valence electrons. The van der Waals surface area contributed by atoms with Crippen molar-refractivity contribution in [2.45, 2.75) is 25.9 Å². The van der Waals surface area contributed by atoms with Gasteiger partial charge < -0.3 is 16.0 Å². The largest absolute Gasteiger partial charge is 0.434 e. The molecular formula is C13H21F3IN5OS. The molecule has 0 aliphatic rings. The lowest BCUT2D eigenvalue weighted by Gasteiger charge is -2.11. The molecule has 3 N–H and O–H groups in total. The molecule has 11 heteroatoms. The summed E-state index contributed by atoms with van der Waals surface area (Å²) in [4.78, 5) is 18.9. The third-order valence-corrected chi connectivity index (χ3v) is 3.59. The van der Waals surface area contributed by atoms with Crippen molar-refractivity contribution in [3.63, 3.8) is 0 Å². The van der Waals surface area contributed by atoms with Crippen LogP contribution in [0, 0.1) is 0 Å². The van der Waals surface area contributed by atoms with Gasteiger partial charge in [-0.25, -0.2) is 4.98 Å². The Balaban J connectivity index is 0.00000529. The van der Waals surface area contributed by atoms with Crippen LogP contribution in [0.5, 0.6) is 0 Å². The Morgan fingerprint density at radius 2 is 2.00 bits per heavy atom. The van der Waals surface area contributed by atoms with Crippen molar-refractivity contribution in [1.29, 1.82) is 0 Å². The summed E-state index contributed by atoms with van der Waals surface area (Å²) in [5, 5.41) is 9.85. The predicted molar refractivity (Wildman–Crippen MR) is 98.9 cm³/mol. The Hall–Kier alpha value is -1.11. The highest BCUT2D eigenvalue weighted by molar-refractivity contribution is 14.0. The van der Waals surface area contributed by atoms with Crippen LogP contribution in [0.2, 0.25) is 0 Å². The number of hydrogen-bond acceptors (Lipinski definition) is 4. The molecule has 1 rings (SSSR count). The van der Waals surface area contributed by atoms with Crippen LogP contribution in [-0.2, 0) is 17.4 Å². The first kappa shape index (κ1) is 22.9. The lowest BCUT2D eigenvalue weighted by molar-refractivity contribution is -0.140. The number of hydrogen-bond donors (Lipinski definition) is 3. The van der Waals surface area contributed by atoms with Gasteiger partial charge in [0.25, 0.3) is 0 Å². The number of thiazole rings is 1. The van der Waals surface area contributed by atoms with Crippen molar-refractivity contribution in [2.75, 3.05) is 26.7 Å². The molecule has 0 spiro atoms. The Labute approximate surface area is 159 Å². The summed E-state index contributed by atoms with van der Waals surface area (Å²) in [6.07, 6.45) is -3.22. The molecule has 0 radical (unpaired) electrons. The van der Waals surface area contributed by atoms with Crippen LogP contribution in [0.4, 0.5) is 13.2 Å². The smallest absolute Gasteiger partial charge is 0.356 e. The quantitative estimate of drug-likeness (QED) is 0.318. The van der Waals surface area contributed by atoms with Gasteiger partial charge >= 0.3 is 6.18 Å². The van der Waals surface area contributed by atoms with E-state index in [1.165, 1.54) is 0 Å². The molecule has 6 nitrogen and oxygen atoms in total. The van der Waals surface area contributed by atoms with Crippen molar-refractivity contribution in [2.24, 2.45) is 4.99 Å². The van der Waals surface area contributed by atoms with Crippen molar-refractivity contribution >= 4 is 47.2 Å². The number of carbonyl (C=O) groups is 1. The number of nitrogens with zero attached hydrogens (tertiary/aromatic N) is 2. The minimum Gasteiger partial charge on any atom is -0.356 e. The average molecular weight is 479 g/mol. The van der Waals surface area contributed by atoms with Crippen LogP contribution >= 0.6 is 35.3 Å². The molecule has 0 aliphatic carbocycles. The molecule has 1 heterocycles. The number of amides is 1. The summed E-state index contributed by atoms with van der Waals surface area (Å²) in [6, 6.07) is 0. The van der Waals surface area contributed by atoms with E-state index in [2.05, 4.69) is 25.9 Å². The van der Waals surface area contributed by atoms with Crippen molar-refractivity contribution < 1.29 is 18.0 Å². The number of guanidine groups is 1. The standard InChI is InChI=1S/C13H20F3N5OS.HI/c1-3-5-18-10(22)7-20-12(17-2)19-6-4-11-21-9(8-23-11)13(14,15)16;/h8H,3-7H2,1-2H3,(H,18,22)(H2,17,19,20);1H. The first-order valence-electron chi connectivity index (χ1n) is 7.09. The van der Waals surface area contributed by atoms with Gasteiger partial charge in [-0.15, -0.1) is 35.3 Å². The third-order valence-electron chi connectivity index (χ3n) is 2.69. The van der Waals surface area contributed by atoms with Gasteiger partial charge in [-0.3, -0.25) is 9.79 Å². The monoisotopic (exact) mass is 479 g/mol. The maximum Gasteiger partial charge on any atom is 0.434 e. The number of rotatable bonds is 7. The van der Waals surface area contributed by atoms with Gasteiger partial charge in [0.15, 0.2) is 11.7 Å². The average Bonchev–Trinajstić information content (AvgIpc) is 2.97. The minimum atomic E-state index is -4.41. The van der Waals surface area contributed by atoms with E-state index in [-0.39, 0.29) is 36.4 Å². The molecule has 24 heavy (non-hydrogen) atoms. The zero-order valence-corrected chi connectivity index (χ0v) is 16.5. The Morgan fingerprint density at radius 3 is 2.54 bits per heavy atom. The second-order valence-electron chi connectivity index (χ2n) is 4.58. The second-order valence-corrected chi connectivity index (χ2v) is 5.52. The maximum absolute atomic E-state index is 12.4. The summed E-state index contributed by atoms with van der Waals surface area (Å²) < 4.78 is 37.3. The molecule has 0 saturated heterocycles. The van der Waals surface area contributed by atoms with Crippen LogP contribution < -0.4 is 16.0 Å². The zero-order chi connectivity index (χ0) is 17.3. The number of aliphatic imine (C=N–C) groups is 1. The summed E-state index contributed by atoms with van der Waals surface area (Å²) in [5.41, 5.74) is -0.868. The zero-order valence-electron chi connectivity index (χ0n) is 13.4. The molecule has 0 aliphatic heterocycles. The van der Waals surface area contributed by atoms with E-state index in [0.29, 0.717) is 30.5 Å². The highest BCUT2D eigenvalue weighted by atomic mass is 127. The molecule has 0 saturated carbocycles. The second kappa shape index (κ2) is 11.4. The minimum absolute atomic E-state index is 0. The van der Waals surface area contributed by atoms with Crippen molar-refractivity contribution in [3.8, 4) is 0 Å². The Bertz CT molecular complexity index is 536. The SMILES string of the molecule is CCCNC(=O)CNC(=NC)NCCc1nc(C(F)(F)F)cs1.I. The molecule has 1 aromatic rings. The van der Waals surface area contributed by atoms with Crippen LogP contribution in [0.3, 0.4) is 0 Å².